The fraction of sp³-hybridized carbons (Fsp3) is 0.100. The summed E-state index contributed by atoms with van der Waals surface area (Å²) in [7, 11) is 0. The van der Waals surface area contributed by atoms with Crippen LogP contribution in [0.3, 0.4) is 0 Å². The SMILES string of the molecule is Cc1coc2ccc(C(=O)NN)c(O)c12. The Morgan fingerprint density at radius 2 is 2.27 bits per heavy atom. The lowest BCUT2D eigenvalue weighted by Crippen LogP contribution is -2.29. The molecular formula is C10H10N2O3. The number of amides is 1. The molecule has 0 radical (unpaired) electrons. The molecule has 5 nitrogen and oxygen atoms in total. The van der Waals surface area contributed by atoms with Gasteiger partial charge in [-0.25, -0.2) is 5.84 Å². The van der Waals surface area contributed by atoms with Crippen molar-refractivity contribution in [3.8, 4) is 5.75 Å². The van der Waals surface area contributed by atoms with Crippen LogP contribution in [0, 0.1) is 6.92 Å². The van der Waals surface area contributed by atoms with E-state index in [2.05, 4.69) is 0 Å². The molecule has 0 unspecified atom stereocenters. The van der Waals surface area contributed by atoms with E-state index in [4.69, 9.17) is 10.3 Å². The maximum Gasteiger partial charge on any atom is 0.268 e. The predicted octanol–water partition coefficient (Wildman–Crippen LogP) is 1.05. The Balaban J connectivity index is 2.74. The fourth-order valence-electron chi connectivity index (χ4n) is 1.52. The third-order valence-electron chi connectivity index (χ3n) is 2.27. The highest BCUT2D eigenvalue weighted by Gasteiger charge is 2.15. The van der Waals surface area contributed by atoms with Gasteiger partial charge in [0.1, 0.15) is 11.3 Å². The number of carbonyl (C=O) groups is 1. The van der Waals surface area contributed by atoms with Crippen LogP contribution < -0.4 is 11.3 Å². The minimum Gasteiger partial charge on any atom is -0.506 e. The quantitative estimate of drug-likeness (QED) is 0.369. The minimum absolute atomic E-state index is 0.110. The van der Waals surface area contributed by atoms with E-state index in [-0.39, 0.29) is 11.3 Å². The molecule has 0 saturated heterocycles. The molecule has 0 aliphatic heterocycles. The lowest BCUT2D eigenvalue weighted by atomic mass is 10.1. The van der Waals surface area contributed by atoms with E-state index in [1.807, 2.05) is 5.43 Å². The summed E-state index contributed by atoms with van der Waals surface area (Å²) in [5.41, 5.74) is 3.42. The Kier molecular flexibility index (Phi) is 2.09. The molecule has 1 amide bonds. The number of phenolic OH excluding ortho intramolecular Hbond substituents is 1. The number of fused-ring (bicyclic) bond motifs is 1. The molecular weight excluding hydrogens is 196 g/mol. The van der Waals surface area contributed by atoms with Crippen molar-refractivity contribution in [1.29, 1.82) is 0 Å². The lowest BCUT2D eigenvalue weighted by Gasteiger charge is -2.03. The molecule has 0 aliphatic rings. The largest absolute Gasteiger partial charge is 0.506 e. The molecule has 0 spiro atoms. The zero-order chi connectivity index (χ0) is 11.0. The van der Waals surface area contributed by atoms with Crippen molar-refractivity contribution in [2.75, 3.05) is 0 Å². The summed E-state index contributed by atoms with van der Waals surface area (Å²) in [4.78, 5) is 11.3. The first kappa shape index (κ1) is 9.54. The van der Waals surface area contributed by atoms with Gasteiger partial charge in [0.05, 0.1) is 17.2 Å². The number of furan rings is 1. The molecule has 4 N–H and O–H groups in total. The Labute approximate surface area is 85.5 Å². The number of hydrogen-bond donors (Lipinski definition) is 3. The summed E-state index contributed by atoms with van der Waals surface area (Å²) in [6.07, 6.45) is 1.52. The first-order valence-corrected chi connectivity index (χ1v) is 4.36. The summed E-state index contributed by atoms with van der Waals surface area (Å²) in [6.45, 7) is 1.79. The molecule has 78 valence electrons. The number of nitrogen functional groups attached to an aromatic ring is 1. The van der Waals surface area contributed by atoms with Crippen molar-refractivity contribution in [3.63, 3.8) is 0 Å². The highest BCUT2D eigenvalue weighted by Crippen LogP contribution is 2.32. The molecule has 1 heterocycles. The second kappa shape index (κ2) is 3.29. The summed E-state index contributed by atoms with van der Waals surface area (Å²) < 4.78 is 5.17. The van der Waals surface area contributed by atoms with Crippen molar-refractivity contribution in [3.05, 3.63) is 29.5 Å². The van der Waals surface area contributed by atoms with Gasteiger partial charge in [-0.15, -0.1) is 0 Å². The van der Waals surface area contributed by atoms with Gasteiger partial charge in [-0.1, -0.05) is 0 Å². The summed E-state index contributed by atoms with van der Waals surface area (Å²) in [6, 6.07) is 3.08. The fourth-order valence-corrected chi connectivity index (χ4v) is 1.52. The Bertz CT molecular complexity index is 531. The zero-order valence-corrected chi connectivity index (χ0v) is 8.07. The number of phenols is 1. The highest BCUT2D eigenvalue weighted by molar-refractivity contribution is 6.03. The summed E-state index contributed by atoms with van der Waals surface area (Å²) >= 11 is 0. The molecule has 2 rings (SSSR count). The van der Waals surface area contributed by atoms with E-state index in [9.17, 15) is 9.90 Å². The van der Waals surface area contributed by atoms with Crippen LogP contribution in [-0.4, -0.2) is 11.0 Å². The Hall–Kier alpha value is -2.01. The van der Waals surface area contributed by atoms with Crippen molar-refractivity contribution >= 4 is 16.9 Å². The predicted molar refractivity (Wildman–Crippen MR) is 54.3 cm³/mol. The van der Waals surface area contributed by atoms with Crippen LogP contribution in [-0.2, 0) is 0 Å². The Morgan fingerprint density at radius 1 is 1.53 bits per heavy atom. The number of hydrogen-bond acceptors (Lipinski definition) is 4. The Morgan fingerprint density at radius 3 is 2.93 bits per heavy atom. The summed E-state index contributed by atoms with van der Waals surface area (Å²) in [5, 5.41) is 10.4. The standard InChI is InChI=1S/C10H10N2O3/c1-5-4-15-7-3-2-6(10(14)12-11)9(13)8(5)7/h2-4,13H,11H2,1H3,(H,12,14). The number of nitrogens with one attached hydrogen (secondary N) is 1. The number of carbonyl (C=O) groups excluding carboxylic acids is 1. The van der Waals surface area contributed by atoms with Gasteiger partial charge in [-0.2, -0.15) is 0 Å². The van der Waals surface area contributed by atoms with Crippen LogP contribution in [0.2, 0.25) is 0 Å². The number of benzene rings is 1. The number of aromatic hydroxyl groups is 1. The van der Waals surface area contributed by atoms with Crippen LogP contribution in [0.1, 0.15) is 15.9 Å². The second-order valence-corrected chi connectivity index (χ2v) is 3.23. The van der Waals surface area contributed by atoms with Crippen LogP contribution in [0.15, 0.2) is 22.8 Å². The van der Waals surface area contributed by atoms with Crippen molar-refractivity contribution < 1.29 is 14.3 Å². The molecule has 0 bridgehead atoms. The molecule has 0 saturated carbocycles. The molecule has 5 heteroatoms. The third kappa shape index (κ3) is 1.33. The molecule has 0 aliphatic carbocycles. The minimum atomic E-state index is -0.532. The number of aryl methyl sites for hydroxylation is 1. The van der Waals surface area contributed by atoms with Gasteiger partial charge in [0.15, 0.2) is 0 Å². The van der Waals surface area contributed by atoms with Crippen LogP contribution in [0.5, 0.6) is 5.75 Å². The van der Waals surface area contributed by atoms with E-state index in [0.717, 1.165) is 5.56 Å². The maximum absolute atomic E-state index is 11.3. The van der Waals surface area contributed by atoms with Crippen LogP contribution >= 0.6 is 0 Å². The lowest BCUT2D eigenvalue weighted by molar-refractivity contribution is 0.0951. The van der Waals surface area contributed by atoms with Gasteiger partial charge >= 0.3 is 0 Å². The first-order chi connectivity index (χ1) is 7.15. The van der Waals surface area contributed by atoms with E-state index < -0.39 is 5.91 Å². The average Bonchev–Trinajstić information content (AvgIpc) is 2.61. The zero-order valence-electron chi connectivity index (χ0n) is 8.07. The summed E-state index contributed by atoms with van der Waals surface area (Å²) in [5.74, 6) is 4.35. The van der Waals surface area contributed by atoms with Crippen molar-refractivity contribution in [2.45, 2.75) is 6.92 Å². The molecule has 15 heavy (non-hydrogen) atoms. The molecule has 1 aromatic carbocycles. The number of rotatable bonds is 1. The van der Waals surface area contributed by atoms with Crippen molar-refractivity contribution in [1.82, 2.24) is 5.43 Å². The number of nitrogens with two attached hydrogens (primary N) is 1. The first-order valence-electron chi connectivity index (χ1n) is 4.36. The number of hydrazine groups is 1. The van der Waals surface area contributed by atoms with Gasteiger partial charge in [-0.3, -0.25) is 10.2 Å². The molecule has 0 fully saturated rings. The highest BCUT2D eigenvalue weighted by atomic mass is 16.3. The van der Waals surface area contributed by atoms with Gasteiger partial charge in [0.2, 0.25) is 0 Å². The van der Waals surface area contributed by atoms with E-state index in [1.54, 1.807) is 13.0 Å². The van der Waals surface area contributed by atoms with Crippen LogP contribution in [0.4, 0.5) is 0 Å². The smallest absolute Gasteiger partial charge is 0.268 e. The van der Waals surface area contributed by atoms with Crippen LogP contribution in [0.25, 0.3) is 11.0 Å². The van der Waals surface area contributed by atoms with Gasteiger partial charge in [0.25, 0.3) is 5.91 Å². The van der Waals surface area contributed by atoms with E-state index >= 15 is 0 Å². The van der Waals surface area contributed by atoms with Crippen molar-refractivity contribution in [2.24, 2.45) is 5.84 Å². The normalized spacial score (nSPS) is 10.5. The topological polar surface area (TPSA) is 88.5 Å². The van der Waals surface area contributed by atoms with E-state index in [0.29, 0.717) is 11.0 Å². The average molecular weight is 206 g/mol. The second-order valence-electron chi connectivity index (χ2n) is 3.23. The maximum atomic E-state index is 11.3. The molecule has 0 atom stereocenters. The molecule has 2 aromatic rings. The monoisotopic (exact) mass is 206 g/mol. The van der Waals surface area contributed by atoms with Gasteiger partial charge in [-0.05, 0) is 24.6 Å². The molecule has 1 aromatic heterocycles. The van der Waals surface area contributed by atoms with Gasteiger partial charge < -0.3 is 9.52 Å². The van der Waals surface area contributed by atoms with E-state index in [1.165, 1.54) is 12.3 Å². The van der Waals surface area contributed by atoms with Gasteiger partial charge in [0, 0.05) is 0 Å². The third-order valence-corrected chi connectivity index (χ3v) is 2.27.